The van der Waals surface area contributed by atoms with Crippen LogP contribution in [0.4, 0.5) is 0 Å². The van der Waals surface area contributed by atoms with Gasteiger partial charge in [-0.2, -0.15) is 0 Å². The number of carbonyl (C=O) groups is 2. The predicted molar refractivity (Wildman–Crippen MR) is 84.7 cm³/mol. The van der Waals surface area contributed by atoms with E-state index in [0.29, 0.717) is 18.2 Å². The number of fused-ring (bicyclic) bond motifs is 1. The minimum Gasteiger partial charge on any atom is -0.358 e. The zero-order valence-electron chi connectivity index (χ0n) is 13.2. The van der Waals surface area contributed by atoms with E-state index >= 15 is 0 Å². The summed E-state index contributed by atoms with van der Waals surface area (Å²) in [5.74, 6) is 0.462. The van der Waals surface area contributed by atoms with E-state index in [4.69, 9.17) is 0 Å². The Labute approximate surface area is 134 Å². The van der Waals surface area contributed by atoms with Gasteiger partial charge in [-0.3, -0.25) is 14.5 Å². The van der Waals surface area contributed by atoms with Crippen LogP contribution < -0.4 is 5.32 Å². The Morgan fingerprint density at radius 2 is 2.18 bits per heavy atom. The normalized spacial score (nSPS) is 28.2. The number of aromatic nitrogens is 1. The van der Waals surface area contributed by atoms with Crippen molar-refractivity contribution >= 4 is 23.2 Å². The van der Waals surface area contributed by atoms with Crippen LogP contribution in [0.5, 0.6) is 0 Å². The van der Waals surface area contributed by atoms with E-state index in [2.05, 4.69) is 29.0 Å². The number of rotatable bonds is 3. The summed E-state index contributed by atoms with van der Waals surface area (Å²) in [6.07, 6.45) is 0.823. The Morgan fingerprint density at radius 1 is 1.41 bits per heavy atom. The standard InChI is InChI=1S/C15H22N4O2S/c1-9(2)19-12(14(20)16-3)4-10-5-18(6-13(10)19)15(21)11-7-22-8-17-11/h7-10,12-13H,4-6H2,1-3H3,(H,16,20)/t10-,12-,13+/m0/s1. The second-order valence-electron chi connectivity index (χ2n) is 6.32. The van der Waals surface area contributed by atoms with Crippen LogP contribution >= 0.6 is 11.3 Å². The SMILES string of the molecule is CNC(=O)[C@@H]1C[C@H]2CN(C(=O)c3cscn3)C[C@H]2N1C(C)C. The van der Waals surface area contributed by atoms with Crippen LogP contribution in [0.1, 0.15) is 30.8 Å². The van der Waals surface area contributed by atoms with E-state index in [-0.39, 0.29) is 29.9 Å². The van der Waals surface area contributed by atoms with Crippen LogP contribution in [0.25, 0.3) is 0 Å². The predicted octanol–water partition coefficient (Wildman–Crippen LogP) is 0.812. The molecule has 2 aliphatic heterocycles. The quantitative estimate of drug-likeness (QED) is 0.894. The molecule has 2 amide bonds. The smallest absolute Gasteiger partial charge is 0.273 e. The first kappa shape index (κ1) is 15.4. The third kappa shape index (κ3) is 2.52. The summed E-state index contributed by atoms with van der Waals surface area (Å²) in [5.41, 5.74) is 2.22. The van der Waals surface area contributed by atoms with Crippen molar-refractivity contribution in [1.29, 1.82) is 0 Å². The Kier molecular flexibility index (Phi) is 4.18. The fourth-order valence-electron chi connectivity index (χ4n) is 3.86. The Bertz CT molecular complexity index is 560. The molecule has 0 aliphatic carbocycles. The molecule has 1 aromatic heterocycles. The van der Waals surface area contributed by atoms with Gasteiger partial charge in [0, 0.05) is 37.6 Å². The first-order valence-electron chi connectivity index (χ1n) is 7.69. The van der Waals surface area contributed by atoms with Crippen LogP contribution in [0.3, 0.4) is 0 Å². The molecule has 3 heterocycles. The number of hydrogen-bond donors (Lipinski definition) is 1. The molecule has 6 nitrogen and oxygen atoms in total. The lowest BCUT2D eigenvalue weighted by atomic mass is 10.0. The first-order valence-corrected chi connectivity index (χ1v) is 8.63. The molecule has 7 heteroatoms. The van der Waals surface area contributed by atoms with Gasteiger partial charge in [0.25, 0.3) is 5.91 Å². The van der Waals surface area contributed by atoms with E-state index in [0.717, 1.165) is 13.0 Å². The minimum absolute atomic E-state index is 0.0100. The number of carbonyl (C=O) groups excluding carboxylic acids is 2. The largest absolute Gasteiger partial charge is 0.358 e. The summed E-state index contributed by atoms with van der Waals surface area (Å²) in [6, 6.07) is 0.480. The van der Waals surface area contributed by atoms with Crippen LogP contribution in [-0.4, -0.2) is 64.9 Å². The second-order valence-corrected chi connectivity index (χ2v) is 7.04. The van der Waals surface area contributed by atoms with E-state index in [1.165, 1.54) is 11.3 Å². The Morgan fingerprint density at radius 3 is 2.77 bits per heavy atom. The van der Waals surface area contributed by atoms with Gasteiger partial charge < -0.3 is 10.2 Å². The summed E-state index contributed by atoms with van der Waals surface area (Å²) < 4.78 is 0. The van der Waals surface area contributed by atoms with Crippen LogP contribution in [-0.2, 0) is 4.79 Å². The van der Waals surface area contributed by atoms with Crippen molar-refractivity contribution < 1.29 is 9.59 Å². The summed E-state index contributed by atoms with van der Waals surface area (Å²) in [7, 11) is 1.69. The number of nitrogens with zero attached hydrogens (tertiary/aromatic N) is 3. The van der Waals surface area contributed by atoms with E-state index in [9.17, 15) is 9.59 Å². The highest BCUT2D eigenvalue weighted by Crippen LogP contribution is 2.37. The maximum Gasteiger partial charge on any atom is 0.273 e. The highest BCUT2D eigenvalue weighted by molar-refractivity contribution is 7.07. The molecular formula is C15H22N4O2S. The van der Waals surface area contributed by atoms with Gasteiger partial charge in [0.05, 0.1) is 11.6 Å². The van der Waals surface area contributed by atoms with Crippen molar-refractivity contribution in [3.8, 4) is 0 Å². The van der Waals surface area contributed by atoms with Crippen LogP contribution in [0, 0.1) is 5.92 Å². The summed E-state index contributed by atoms with van der Waals surface area (Å²) in [4.78, 5) is 32.9. The molecule has 3 rings (SSSR count). The maximum atomic E-state index is 12.5. The average molecular weight is 322 g/mol. The number of hydrogen-bond acceptors (Lipinski definition) is 5. The fourth-order valence-corrected chi connectivity index (χ4v) is 4.39. The minimum atomic E-state index is -0.0727. The monoisotopic (exact) mass is 322 g/mol. The van der Waals surface area contributed by atoms with Gasteiger partial charge in [-0.15, -0.1) is 11.3 Å². The molecule has 0 unspecified atom stereocenters. The Balaban J connectivity index is 1.75. The highest BCUT2D eigenvalue weighted by Gasteiger charge is 2.50. The first-order chi connectivity index (χ1) is 10.5. The van der Waals surface area contributed by atoms with Gasteiger partial charge in [0.1, 0.15) is 5.69 Å². The molecule has 1 N–H and O–H groups in total. The lowest BCUT2D eigenvalue weighted by Gasteiger charge is -2.32. The molecule has 2 fully saturated rings. The van der Waals surface area contributed by atoms with Crippen molar-refractivity contribution in [3.05, 3.63) is 16.6 Å². The number of amides is 2. The zero-order chi connectivity index (χ0) is 15.9. The van der Waals surface area contributed by atoms with Gasteiger partial charge >= 0.3 is 0 Å². The third-order valence-electron chi connectivity index (χ3n) is 4.76. The number of likely N-dealkylation sites (N-methyl/N-ethyl adjacent to an activating group) is 1. The second kappa shape index (κ2) is 5.96. The fraction of sp³-hybridized carbons (Fsp3) is 0.667. The van der Waals surface area contributed by atoms with Crippen LogP contribution in [0.15, 0.2) is 10.9 Å². The van der Waals surface area contributed by atoms with E-state index in [1.807, 2.05) is 4.90 Å². The lowest BCUT2D eigenvalue weighted by molar-refractivity contribution is -0.126. The van der Waals surface area contributed by atoms with Crippen LogP contribution in [0.2, 0.25) is 0 Å². The molecule has 0 bridgehead atoms. The summed E-state index contributed by atoms with van der Waals surface area (Å²) >= 11 is 1.44. The molecule has 1 aromatic rings. The molecule has 3 atom stereocenters. The molecule has 2 saturated heterocycles. The number of likely N-dealkylation sites (tertiary alicyclic amines) is 2. The Hall–Kier alpha value is -1.47. The van der Waals surface area contributed by atoms with Crippen molar-refractivity contribution in [1.82, 2.24) is 20.1 Å². The van der Waals surface area contributed by atoms with Gasteiger partial charge in [-0.05, 0) is 26.2 Å². The number of thiazole rings is 1. The van der Waals surface area contributed by atoms with E-state index in [1.54, 1.807) is 17.9 Å². The third-order valence-corrected chi connectivity index (χ3v) is 5.35. The van der Waals surface area contributed by atoms with Gasteiger partial charge in [0.2, 0.25) is 5.91 Å². The summed E-state index contributed by atoms with van der Waals surface area (Å²) in [6.45, 7) is 5.64. The van der Waals surface area contributed by atoms with Crippen molar-refractivity contribution in [2.45, 2.75) is 38.4 Å². The molecule has 0 spiro atoms. The molecule has 0 saturated carbocycles. The molecule has 0 aromatic carbocycles. The van der Waals surface area contributed by atoms with Gasteiger partial charge in [-0.1, -0.05) is 0 Å². The molecular weight excluding hydrogens is 300 g/mol. The topological polar surface area (TPSA) is 65.5 Å². The molecule has 120 valence electrons. The maximum absolute atomic E-state index is 12.5. The lowest BCUT2D eigenvalue weighted by Crippen LogP contribution is -2.50. The van der Waals surface area contributed by atoms with Gasteiger partial charge in [-0.25, -0.2) is 4.98 Å². The zero-order valence-corrected chi connectivity index (χ0v) is 14.0. The molecule has 0 radical (unpaired) electrons. The van der Waals surface area contributed by atoms with Crippen molar-refractivity contribution in [2.24, 2.45) is 5.92 Å². The van der Waals surface area contributed by atoms with E-state index < -0.39 is 0 Å². The average Bonchev–Trinajstić information content (AvgIpc) is 3.19. The van der Waals surface area contributed by atoms with Crippen molar-refractivity contribution in [3.63, 3.8) is 0 Å². The molecule has 2 aliphatic rings. The van der Waals surface area contributed by atoms with Crippen molar-refractivity contribution in [2.75, 3.05) is 20.1 Å². The highest BCUT2D eigenvalue weighted by atomic mass is 32.1. The molecule has 22 heavy (non-hydrogen) atoms. The van der Waals surface area contributed by atoms with Gasteiger partial charge in [0.15, 0.2) is 0 Å². The summed E-state index contributed by atoms with van der Waals surface area (Å²) in [5, 5.41) is 4.56. The number of nitrogens with one attached hydrogen (secondary N) is 1.